The molecule has 10 heteroatoms. The fourth-order valence-corrected chi connectivity index (χ4v) is 5.66. The molecular weight excluding hydrogens is 486 g/mol. The number of benzene rings is 2. The van der Waals surface area contributed by atoms with Gasteiger partial charge in [0.1, 0.15) is 10.6 Å². The molecule has 1 saturated heterocycles. The highest BCUT2D eigenvalue weighted by molar-refractivity contribution is 7.89. The van der Waals surface area contributed by atoms with E-state index in [2.05, 4.69) is 9.98 Å². The maximum Gasteiger partial charge on any atom is 0.244 e. The second kappa shape index (κ2) is 10.1. The number of aromatic nitrogens is 3. The fourth-order valence-electron chi connectivity index (χ4n) is 3.76. The van der Waals surface area contributed by atoms with Gasteiger partial charge in [-0.3, -0.25) is 9.98 Å². The Kier molecular flexibility index (Phi) is 6.74. The SMILES string of the molecule is O=S(=O)(c1cc(N=Cc2cn(-c3ccccc3)nc2-c2cccnc2)ccc1Cl)N1CCOCC1. The first-order valence-corrected chi connectivity index (χ1v) is 12.8. The number of ether oxygens (including phenoxy) is 1. The van der Waals surface area contributed by atoms with Crippen LogP contribution in [0.1, 0.15) is 5.56 Å². The average Bonchev–Trinajstić information content (AvgIpc) is 3.34. The molecule has 4 aromatic rings. The number of morpholine rings is 1. The van der Waals surface area contributed by atoms with Crippen LogP contribution in [-0.4, -0.2) is 60.0 Å². The molecule has 3 heterocycles. The monoisotopic (exact) mass is 507 g/mol. The van der Waals surface area contributed by atoms with E-state index in [-0.39, 0.29) is 9.92 Å². The van der Waals surface area contributed by atoms with Crippen LogP contribution in [0.25, 0.3) is 16.9 Å². The highest BCUT2D eigenvalue weighted by atomic mass is 35.5. The zero-order valence-electron chi connectivity index (χ0n) is 18.7. The van der Waals surface area contributed by atoms with E-state index in [0.717, 1.165) is 16.8 Å². The minimum absolute atomic E-state index is 0.0307. The Labute approximate surface area is 208 Å². The first-order valence-electron chi connectivity index (χ1n) is 11.0. The molecule has 0 amide bonds. The number of hydrogen-bond donors (Lipinski definition) is 0. The third-order valence-corrected chi connectivity index (χ3v) is 7.93. The Bertz CT molecular complexity index is 1450. The molecule has 0 N–H and O–H groups in total. The summed E-state index contributed by atoms with van der Waals surface area (Å²) < 4.78 is 34.7. The Morgan fingerprint density at radius 3 is 2.57 bits per heavy atom. The third kappa shape index (κ3) is 5.03. The van der Waals surface area contributed by atoms with Gasteiger partial charge in [-0.1, -0.05) is 29.8 Å². The summed E-state index contributed by atoms with van der Waals surface area (Å²) in [5.74, 6) is 0. The van der Waals surface area contributed by atoms with Gasteiger partial charge in [-0.25, -0.2) is 13.1 Å². The first-order chi connectivity index (χ1) is 17.0. The molecule has 8 nitrogen and oxygen atoms in total. The second-order valence-electron chi connectivity index (χ2n) is 7.84. The topological polar surface area (TPSA) is 89.7 Å². The van der Waals surface area contributed by atoms with Gasteiger partial charge in [0, 0.05) is 49.0 Å². The lowest BCUT2D eigenvalue weighted by Gasteiger charge is -2.26. The normalized spacial score (nSPS) is 15.0. The predicted molar refractivity (Wildman–Crippen MR) is 135 cm³/mol. The van der Waals surface area contributed by atoms with Crippen LogP contribution in [-0.2, 0) is 14.8 Å². The summed E-state index contributed by atoms with van der Waals surface area (Å²) in [5, 5.41) is 4.90. The number of pyridine rings is 1. The zero-order chi connectivity index (χ0) is 24.3. The Morgan fingerprint density at radius 1 is 1.03 bits per heavy atom. The molecule has 178 valence electrons. The molecule has 5 rings (SSSR count). The van der Waals surface area contributed by atoms with Crippen molar-refractivity contribution in [2.45, 2.75) is 4.90 Å². The third-order valence-electron chi connectivity index (χ3n) is 5.55. The molecule has 2 aromatic heterocycles. The van der Waals surface area contributed by atoms with Gasteiger partial charge >= 0.3 is 0 Å². The Balaban J connectivity index is 1.51. The lowest BCUT2D eigenvalue weighted by atomic mass is 10.1. The zero-order valence-corrected chi connectivity index (χ0v) is 20.2. The van der Waals surface area contributed by atoms with Crippen LogP contribution in [0.2, 0.25) is 5.02 Å². The molecule has 35 heavy (non-hydrogen) atoms. The minimum Gasteiger partial charge on any atom is -0.379 e. The van der Waals surface area contributed by atoms with Crippen molar-refractivity contribution < 1.29 is 13.2 Å². The maximum atomic E-state index is 13.1. The standard InChI is InChI=1S/C25H22ClN5O3S/c26-23-9-8-21(15-24(23)35(32,33)30-11-13-34-14-12-30)28-17-20-18-31(22-6-2-1-3-7-22)29-25(20)19-5-4-10-27-16-19/h1-10,15-18H,11-14H2. The first kappa shape index (κ1) is 23.4. The van der Waals surface area contributed by atoms with Gasteiger partial charge in [0.2, 0.25) is 10.0 Å². The van der Waals surface area contributed by atoms with E-state index in [4.69, 9.17) is 21.4 Å². The second-order valence-corrected chi connectivity index (χ2v) is 10.2. The smallest absolute Gasteiger partial charge is 0.244 e. The molecule has 1 aliphatic rings. The van der Waals surface area contributed by atoms with Crippen LogP contribution >= 0.6 is 11.6 Å². The minimum atomic E-state index is -3.76. The lowest BCUT2D eigenvalue weighted by Crippen LogP contribution is -2.40. The lowest BCUT2D eigenvalue weighted by molar-refractivity contribution is 0.0730. The van der Waals surface area contributed by atoms with Crippen LogP contribution in [0, 0.1) is 0 Å². The molecule has 2 aromatic carbocycles. The maximum absolute atomic E-state index is 13.1. The molecule has 0 atom stereocenters. The van der Waals surface area contributed by atoms with Crippen molar-refractivity contribution in [3.05, 3.63) is 89.8 Å². The van der Waals surface area contributed by atoms with E-state index in [1.807, 2.05) is 48.7 Å². The van der Waals surface area contributed by atoms with Crippen LogP contribution < -0.4 is 0 Å². The average molecular weight is 508 g/mol. The van der Waals surface area contributed by atoms with Crippen molar-refractivity contribution in [1.82, 2.24) is 19.1 Å². The van der Waals surface area contributed by atoms with Crippen molar-refractivity contribution in [3.8, 4) is 16.9 Å². The van der Waals surface area contributed by atoms with Crippen LogP contribution in [0.3, 0.4) is 0 Å². The summed E-state index contributed by atoms with van der Waals surface area (Å²) in [7, 11) is -3.76. The number of rotatable bonds is 6. The van der Waals surface area contributed by atoms with Gasteiger partial charge in [-0.05, 0) is 42.5 Å². The predicted octanol–water partition coefficient (Wildman–Crippen LogP) is 4.36. The number of sulfonamides is 1. The van der Waals surface area contributed by atoms with E-state index in [0.29, 0.717) is 37.7 Å². The van der Waals surface area contributed by atoms with Crippen molar-refractivity contribution in [2.24, 2.45) is 4.99 Å². The molecule has 0 bridgehead atoms. The summed E-state index contributed by atoms with van der Waals surface area (Å²) in [6.45, 7) is 1.30. The number of halogens is 1. The summed E-state index contributed by atoms with van der Waals surface area (Å²) >= 11 is 6.28. The van der Waals surface area contributed by atoms with E-state index in [1.165, 1.54) is 10.4 Å². The van der Waals surface area contributed by atoms with Crippen LogP contribution in [0.5, 0.6) is 0 Å². The Hall–Kier alpha value is -3.37. The largest absolute Gasteiger partial charge is 0.379 e. The molecular formula is C25H22ClN5O3S. The molecule has 0 aliphatic carbocycles. The Morgan fingerprint density at radius 2 is 1.83 bits per heavy atom. The molecule has 1 aliphatic heterocycles. The van der Waals surface area contributed by atoms with Crippen molar-refractivity contribution in [1.29, 1.82) is 0 Å². The van der Waals surface area contributed by atoms with Crippen LogP contribution in [0.15, 0.2) is 89.1 Å². The molecule has 0 unspecified atom stereocenters. The number of hydrogen-bond acceptors (Lipinski definition) is 6. The van der Waals surface area contributed by atoms with E-state index < -0.39 is 10.0 Å². The summed E-state index contributed by atoms with van der Waals surface area (Å²) in [5.41, 5.74) is 3.68. The van der Waals surface area contributed by atoms with E-state index >= 15 is 0 Å². The molecule has 0 saturated carbocycles. The van der Waals surface area contributed by atoms with Gasteiger partial charge in [0.15, 0.2) is 0 Å². The van der Waals surface area contributed by atoms with Gasteiger partial charge in [0.05, 0.1) is 29.6 Å². The van der Waals surface area contributed by atoms with Gasteiger partial charge in [-0.15, -0.1) is 0 Å². The molecule has 0 radical (unpaired) electrons. The molecule has 0 spiro atoms. The van der Waals surface area contributed by atoms with Crippen molar-refractivity contribution in [2.75, 3.05) is 26.3 Å². The van der Waals surface area contributed by atoms with Gasteiger partial charge < -0.3 is 4.74 Å². The highest BCUT2D eigenvalue weighted by Gasteiger charge is 2.28. The quantitative estimate of drug-likeness (QED) is 0.362. The van der Waals surface area contributed by atoms with Gasteiger partial charge in [-0.2, -0.15) is 9.40 Å². The number of aliphatic imine (C=N–C) groups is 1. The van der Waals surface area contributed by atoms with Crippen LogP contribution in [0.4, 0.5) is 5.69 Å². The number of para-hydroxylation sites is 1. The van der Waals surface area contributed by atoms with E-state index in [1.54, 1.807) is 35.4 Å². The number of nitrogens with zero attached hydrogens (tertiary/aromatic N) is 5. The van der Waals surface area contributed by atoms with Gasteiger partial charge in [0.25, 0.3) is 0 Å². The summed E-state index contributed by atoms with van der Waals surface area (Å²) in [6, 6.07) is 18.3. The van der Waals surface area contributed by atoms with Crippen molar-refractivity contribution in [3.63, 3.8) is 0 Å². The van der Waals surface area contributed by atoms with Crippen molar-refractivity contribution >= 4 is 33.5 Å². The fraction of sp³-hybridized carbons (Fsp3) is 0.160. The highest BCUT2D eigenvalue weighted by Crippen LogP contribution is 2.30. The summed E-state index contributed by atoms with van der Waals surface area (Å²) in [4.78, 5) is 8.80. The molecule has 1 fully saturated rings. The summed E-state index contributed by atoms with van der Waals surface area (Å²) in [6.07, 6.45) is 6.99. The van der Waals surface area contributed by atoms with E-state index in [9.17, 15) is 8.42 Å².